The van der Waals surface area contributed by atoms with Crippen molar-refractivity contribution >= 4 is 28.7 Å². The van der Waals surface area contributed by atoms with Crippen molar-refractivity contribution in [3.05, 3.63) is 65.7 Å². The molecule has 0 radical (unpaired) electrons. The van der Waals surface area contributed by atoms with Gasteiger partial charge in [0.1, 0.15) is 5.52 Å². The molecule has 4 rings (SSSR count). The summed E-state index contributed by atoms with van der Waals surface area (Å²) >= 11 is 0. The number of amides is 2. The largest absolute Gasteiger partial charge is 0.445 e. The molecule has 0 saturated carbocycles. The van der Waals surface area contributed by atoms with Gasteiger partial charge >= 0.3 is 0 Å². The Morgan fingerprint density at radius 3 is 2.59 bits per heavy atom. The van der Waals surface area contributed by atoms with Crippen LogP contribution in [0.5, 0.6) is 0 Å². The van der Waals surface area contributed by atoms with Gasteiger partial charge in [0.2, 0.25) is 0 Å². The minimum atomic E-state index is -0.590. The Morgan fingerprint density at radius 1 is 1.14 bits per heavy atom. The molecule has 9 nitrogen and oxygen atoms in total. The number of nitrogens with one attached hydrogen (secondary N) is 3. The number of carbonyl (C=O) groups excluding carboxylic acids is 2. The third-order valence-corrected chi connectivity index (χ3v) is 4.56. The van der Waals surface area contributed by atoms with Gasteiger partial charge < -0.3 is 15.1 Å². The summed E-state index contributed by atoms with van der Waals surface area (Å²) in [5.74, 6) is -0.486. The number of hydrogen-bond acceptors (Lipinski definition) is 5. The Labute approximate surface area is 166 Å². The first-order chi connectivity index (χ1) is 13.8. The number of carbonyl (C=O) groups is 2. The zero-order valence-electron chi connectivity index (χ0n) is 16.2. The van der Waals surface area contributed by atoms with Crippen LogP contribution in [0.3, 0.4) is 0 Å². The summed E-state index contributed by atoms with van der Waals surface area (Å²) in [6.45, 7) is 3.82. The van der Waals surface area contributed by atoms with Gasteiger partial charge in [-0.1, -0.05) is 30.3 Å². The summed E-state index contributed by atoms with van der Waals surface area (Å²) in [7, 11) is 1.72. The van der Waals surface area contributed by atoms with Crippen LogP contribution >= 0.6 is 0 Å². The molecule has 0 aliphatic carbocycles. The number of H-pyrrole nitrogens is 1. The van der Waals surface area contributed by atoms with E-state index in [1.807, 2.05) is 44.2 Å². The molecule has 0 bridgehead atoms. The van der Waals surface area contributed by atoms with E-state index in [0.717, 1.165) is 5.56 Å². The third-order valence-electron chi connectivity index (χ3n) is 4.56. The summed E-state index contributed by atoms with van der Waals surface area (Å²) in [6.07, 6.45) is 1.67. The van der Waals surface area contributed by atoms with Crippen LogP contribution in [0.15, 0.2) is 53.1 Å². The molecule has 9 heteroatoms. The van der Waals surface area contributed by atoms with E-state index in [4.69, 9.17) is 4.42 Å². The Balaban J connectivity index is 1.54. The van der Waals surface area contributed by atoms with Crippen LogP contribution in [0.2, 0.25) is 0 Å². The molecule has 0 unspecified atom stereocenters. The molecular formula is C20H20N6O3. The van der Waals surface area contributed by atoms with E-state index in [0.29, 0.717) is 5.52 Å². The minimum absolute atomic E-state index is 0.117. The molecule has 3 aromatic heterocycles. The van der Waals surface area contributed by atoms with Crippen molar-refractivity contribution in [2.24, 2.45) is 7.05 Å². The molecule has 0 saturated heterocycles. The molecule has 29 heavy (non-hydrogen) atoms. The van der Waals surface area contributed by atoms with Crippen molar-refractivity contribution < 1.29 is 14.0 Å². The lowest BCUT2D eigenvalue weighted by molar-refractivity contribution is 0.0885. The number of nitrogens with zero attached hydrogens (tertiary/aromatic N) is 3. The Hall–Kier alpha value is -3.88. The van der Waals surface area contributed by atoms with Gasteiger partial charge in [-0.15, -0.1) is 0 Å². The maximum atomic E-state index is 12.7. The number of aromatic nitrogens is 4. The molecule has 1 aromatic carbocycles. The van der Waals surface area contributed by atoms with Gasteiger partial charge in [-0.25, -0.2) is 0 Å². The van der Waals surface area contributed by atoms with Crippen molar-refractivity contribution in [1.82, 2.24) is 25.3 Å². The van der Waals surface area contributed by atoms with Crippen molar-refractivity contribution in [3.63, 3.8) is 0 Å². The van der Waals surface area contributed by atoms with Crippen LogP contribution in [0.1, 0.15) is 40.5 Å². The second-order valence-corrected chi connectivity index (χ2v) is 7.20. The predicted molar refractivity (Wildman–Crippen MR) is 106 cm³/mol. The Kier molecular flexibility index (Phi) is 4.42. The molecule has 4 aromatic rings. The second-order valence-electron chi connectivity index (χ2n) is 7.20. The van der Waals surface area contributed by atoms with Gasteiger partial charge in [0.05, 0.1) is 5.54 Å². The number of aryl methyl sites for hydroxylation is 1. The SMILES string of the molecule is Cn1ccc(C(=O)Nc2n[nH]c3cc(C(=O)NC(C)(C)c4ccccc4)oc23)n1. The van der Waals surface area contributed by atoms with Gasteiger partial charge in [-0.3, -0.25) is 19.4 Å². The van der Waals surface area contributed by atoms with E-state index in [-0.39, 0.29) is 28.8 Å². The smallest absolute Gasteiger partial charge is 0.287 e. The summed E-state index contributed by atoms with van der Waals surface area (Å²) in [5.41, 5.74) is 1.42. The van der Waals surface area contributed by atoms with Crippen LogP contribution < -0.4 is 10.6 Å². The first-order valence-electron chi connectivity index (χ1n) is 9.00. The number of benzene rings is 1. The number of rotatable bonds is 5. The monoisotopic (exact) mass is 392 g/mol. The lowest BCUT2D eigenvalue weighted by Crippen LogP contribution is -2.40. The summed E-state index contributed by atoms with van der Waals surface area (Å²) < 4.78 is 7.21. The average Bonchev–Trinajstić information content (AvgIpc) is 3.39. The Morgan fingerprint density at radius 2 is 1.90 bits per heavy atom. The van der Waals surface area contributed by atoms with E-state index in [1.54, 1.807) is 25.4 Å². The van der Waals surface area contributed by atoms with Crippen LogP contribution in [-0.4, -0.2) is 31.8 Å². The first kappa shape index (κ1) is 18.5. The number of hydrogen-bond donors (Lipinski definition) is 3. The molecular weight excluding hydrogens is 372 g/mol. The van der Waals surface area contributed by atoms with Gasteiger partial charge in [0, 0.05) is 19.3 Å². The molecule has 0 spiro atoms. The molecule has 2 amide bonds. The van der Waals surface area contributed by atoms with E-state index in [9.17, 15) is 9.59 Å². The van der Waals surface area contributed by atoms with Gasteiger partial charge in [0.15, 0.2) is 22.9 Å². The van der Waals surface area contributed by atoms with Crippen molar-refractivity contribution in [2.75, 3.05) is 5.32 Å². The normalized spacial score (nSPS) is 11.6. The van der Waals surface area contributed by atoms with E-state index < -0.39 is 11.4 Å². The molecule has 148 valence electrons. The number of anilines is 1. The van der Waals surface area contributed by atoms with Gasteiger partial charge in [-0.2, -0.15) is 10.2 Å². The fourth-order valence-electron chi connectivity index (χ4n) is 2.99. The molecule has 3 heterocycles. The minimum Gasteiger partial charge on any atom is -0.445 e. The van der Waals surface area contributed by atoms with E-state index in [2.05, 4.69) is 25.9 Å². The zero-order valence-corrected chi connectivity index (χ0v) is 16.2. The van der Waals surface area contributed by atoms with Crippen LogP contribution in [0.4, 0.5) is 5.82 Å². The third kappa shape index (κ3) is 3.62. The highest BCUT2D eigenvalue weighted by molar-refractivity contribution is 6.06. The number of furan rings is 1. The van der Waals surface area contributed by atoms with E-state index in [1.165, 1.54) is 4.68 Å². The van der Waals surface area contributed by atoms with Crippen molar-refractivity contribution in [1.29, 1.82) is 0 Å². The van der Waals surface area contributed by atoms with Crippen LogP contribution in [0, 0.1) is 0 Å². The summed E-state index contributed by atoms with van der Waals surface area (Å²) in [5, 5.41) is 16.4. The maximum Gasteiger partial charge on any atom is 0.287 e. The highest BCUT2D eigenvalue weighted by Crippen LogP contribution is 2.26. The second kappa shape index (κ2) is 6.93. The van der Waals surface area contributed by atoms with Crippen molar-refractivity contribution in [2.45, 2.75) is 19.4 Å². The first-order valence-corrected chi connectivity index (χ1v) is 9.00. The summed E-state index contributed by atoms with van der Waals surface area (Å²) in [6, 6.07) is 12.8. The quantitative estimate of drug-likeness (QED) is 0.483. The average molecular weight is 392 g/mol. The highest BCUT2D eigenvalue weighted by Gasteiger charge is 2.26. The molecule has 0 fully saturated rings. The molecule has 3 N–H and O–H groups in total. The lowest BCUT2D eigenvalue weighted by Gasteiger charge is -2.26. The standard InChI is InChI=1S/C20H20N6O3/c1-20(2,12-7-5-4-6-8-12)22-19(28)15-11-14-16(29-15)17(24-23-14)21-18(27)13-9-10-26(3)25-13/h4-11H,1-3H3,(H,22,28)(H2,21,23,24,27). The molecule has 0 atom stereocenters. The number of fused-ring (bicyclic) bond motifs is 1. The number of aromatic amines is 1. The van der Waals surface area contributed by atoms with Crippen LogP contribution in [-0.2, 0) is 12.6 Å². The molecule has 0 aliphatic heterocycles. The van der Waals surface area contributed by atoms with Crippen LogP contribution in [0.25, 0.3) is 11.1 Å². The van der Waals surface area contributed by atoms with E-state index >= 15 is 0 Å². The fraction of sp³-hybridized carbons (Fsp3) is 0.200. The maximum absolute atomic E-state index is 12.7. The lowest BCUT2D eigenvalue weighted by atomic mass is 9.94. The van der Waals surface area contributed by atoms with Gasteiger partial charge in [0.25, 0.3) is 11.8 Å². The topological polar surface area (TPSA) is 118 Å². The highest BCUT2D eigenvalue weighted by atomic mass is 16.3. The summed E-state index contributed by atoms with van der Waals surface area (Å²) in [4.78, 5) is 25.0. The Bertz CT molecular complexity index is 1190. The zero-order chi connectivity index (χ0) is 20.6. The van der Waals surface area contributed by atoms with Crippen molar-refractivity contribution in [3.8, 4) is 0 Å². The van der Waals surface area contributed by atoms with Gasteiger partial charge in [-0.05, 0) is 25.5 Å². The molecule has 0 aliphatic rings. The predicted octanol–water partition coefficient (Wildman–Crippen LogP) is 2.81. The fourth-order valence-corrected chi connectivity index (χ4v) is 2.99.